The van der Waals surface area contributed by atoms with E-state index < -0.39 is 0 Å². The van der Waals surface area contributed by atoms with Gasteiger partial charge in [-0.2, -0.15) is 0 Å². The van der Waals surface area contributed by atoms with Crippen LogP contribution in [0, 0.1) is 0 Å². The van der Waals surface area contributed by atoms with Gasteiger partial charge in [-0.25, -0.2) is 0 Å². The zero-order chi connectivity index (χ0) is 12.2. The van der Waals surface area contributed by atoms with Gasteiger partial charge in [0.25, 0.3) is 0 Å². The summed E-state index contributed by atoms with van der Waals surface area (Å²) in [5.74, 6) is 4.98. The number of aromatic amines is 1. The molecule has 1 aliphatic heterocycles. The van der Waals surface area contributed by atoms with Gasteiger partial charge in [0.05, 0.1) is 0 Å². The van der Waals surface area contributed by atoms with Gasteiger partial charge in [0.1, 0.15) is 0 Å². The Kier molecular flexibility index (Phi) is 4.18. The first-order valence-corrected chi connectivity index (χ1v) is 8.67. The van der Waals surface area contributed by atoms with Gasteiger partial charge in [0, 0.05) is 46.9 Å². The van der Waals surface area contributed by atoms with Crippen molar-refractivity contribution in [1.82, 2.24) is 9.88 Å². The van der Waals surface area contributed by atoms with Crippen LogP contribution in [0.3, 0.4) is 0 Å². The second kappa shape index (κ2) is 6.04. The van der Waals surface area contributed by atoms with Crippen LogP contribution < -0.4 is 0 Å². The molecule has 0 unspecified atom stereocenters. The minimum Gasteiger partial charge on any atom is -0.361 e. The summed E-state index contributed by atoms with van der Waals surface area (Å²) in [5.41, 5.74) is 2.71. The Balaban J connectivity index is 1.65. The van der Waals surface area contributed by atoms with Gasteiger partial charge in [-0.3, -0.25) is 4.90 Å². The number of nitrogens with one attached hydrogen (secondary N) is 1. The van der Waals surface area contributed by atoms with Crippen molar-refractivity contribution in [2.24, 2.45) is 0 Å². The standard InChI is InChI=1S/C14H18N2S2/c1-2-4-14-13(3-1)12(9-15-14)5-6-16-10-17-7-8-18-11-16/h1-4,9,15H,5-8,10-11H2. The molecule has 1 saturated heterocycles. The lowest BCUT2D eigenvalue weighted by Crippen LogP contribution is -2.24. The average molecular weight is 278 g/mol. The molecule has 0 radical (unpaired) electrons. The van der Waals surface area contributed by atoms with Gasteiger partial charge in [-0.1, -0.05) is 18.2 Å². The molecule has 2 aromatic rings. The number of H-pyrrole nitrogens is 1. The number of nitrogens with zero attached hydrogens (tertiary/aromatic N) is 1. The van der Waals surface area contributed by atoms with Crippen molar-refractivity contribution < 1.29 is 0 Å². The maximum absolute atomic E-state index is 3.36. The summed E-state index contributed by atoms with van der Waals surface area (Å²) < 4.78 is 0. The molecule has 0 aliphatic carbocycles. The summed E-state index contributed by atoms with van der Waals surface area (Å²) in [6.07, 6.45) is 3.31. The molecule has 96 valence electrons. The third kappa shape index (κ3) is 2.87. The molecule has 1 fully saturated rings. The van der Waals surface area contributed by atoms with E-state index in [2.05, 4.69) is 63.9 Å². The predicted molar refractivity (Wildman–Crippen MR) is 83.4 cm³/mol. The summed E-state index contributed by atoms with van der Waals surface area (Å²) in [7, 11) is 0. The van der Waals surface area contributed by atoms with E-state index in [1.165, 1.54) is 46.3 Å². The van der Waals surface area contributed by atoms with E-state index in [-0.39, 0.29) is 0 Å². The predicted octanol–water partition coefficient (Wildman–Crippen LogP) is 3.41. The normalized spacial score (nSPS) is 18.0. The second-order valence-corrected chi connectivity index (χ2v) is 6.73. The van der Waals surface area contributed by atoms with Crippen LogP contribution in [0.5, 0.6) is 0 Å². The lowest BCUT2D eigenvalue weighted by Gasteiger charge is -2.18. The molecule has 3 rings (SSSR count). The fourth-order valence-corrected chi connectivity index (χ4v) is 4.56. The van der Waals surface area contributed by atoms with Gasteiger partial charge in [0.2, 0.25) is 0 Å². The van der Waals surface area contributed by atoms with Crippen LogP contribution >= 0.6 is 23.5 Å². The first-order valence-electron chi connectivity index (χ1n) is 6.36. The number of para-hydroxylation sites is 1. The fraction of sp³-hybridized carbons (Fsp3) is 0.429. The number of thioether (sulfide) groups is 2. The maximum Gasteiger partial charge on any atom is 0.0456 e. The lowest BCUT2D eigenvalue weighted by molar-refractivity contribution is 0.384. The van der Waals surface area contributed by atoms with Crippen LogP contribution in [0.2, 0.25) is 0 Å². The van der Waals surface area contributed by atoms with Gasteiger partial charge in [0.15, 0.2) is 0 Å². The van der Waals surface area contributed by atoms with Gasteiger partial charge in [-0.15, -0.1) is 23.5 Å². The van der Waals surface area contributed by atoms with E-state index in [4.69, 9.17) is 0 Å². The van der Waals surface area contributed by atoms with Gasteiger partial charge >= 0.3 is 0 Å². The van der Waals surface area contributed by atoms with Crippen molar-refractivity contribution in [1.29, 1.82) is 0 Å². The van der Waals surface area contributed by atoms with Crippen LogP contribution in [0.25, 0.3) is 10.9 Å². The number of aromatic nitrogens is 1. The zero-order valence-corrected chi connectivity index (χ0v) is 12.0. The highest BCUT2D eigenvalue weighted by atomic mass is 32.2. The van der Waals surface area contributed by atoms with Crippen LogP contribution in [-0.2, 0) is 6.42 Å². The molecule has 18 heavy (non-hydrogen) atoms. The average Bonchev–Trinajstić information content (AvgIpc) is 2.64. The topological polar surface area (TPSA) is 19.0 Å². The quantitative estimate of drug-likeness (QED) is 0.928. The van der Waals surface area contributed by atoms with Crippen molar-refractivity contribution in [3.05, 3.63) is 36.0 Å². The highest BCUT2D eigenvalue weighted by molar-refractivity contribution is 8.03. The number of hydrogen-bond donors (Lipinski definition) is 1. The molecular formula is C14H18N2S2. The smallest absolute Gasteiger partial charge is 0.0456 e. The van der Waals surface area contributed by atoms with Crippen LogP contribution in [-0.4, -0.2) is 39.7 Å². The summed E-state index contributed by atoms with van der Waals surface area (Å²) in [5, 5.41) is 1.38. The molecule has 1 aliphatic rings. The molecule has 0 bridgehead atoms. The summed E-state index contributed by atoms with van der Waals surface area (Å²) >= 11 is 4.12. The number of benzene rings is 1. The zero-order valence-electron chi connectivity index (χ0n) is 10.4. The summed E-state index contributed by atoms with van der Waals surface area (Å²) in [4.78, 5) is 5.92. The molecule has 4 heteroatoms. The molecule has 0 saturated carbocycles. The van der Waals surface area contributed by atoms with E-state index in [1.807, 2.05) is 0 Å². The molecule has 1 aromatic carbocycles. The third-order valence-electron chi connectivity index (χ3n) is 3.29. The van der Waals surface area contributed by atoms with Crippen molar-refractivity contribution >= 4 is 34.4 Å². The largest absolute Gasteiger partial charge is 0.361 e. The Morgan fingerprint density at radius 1 is 1.11 bits per heavy atom. The lowest BCUT2D eigenvalue weighted by atomic mass is 10.1. The van der Waals surface area contributed by atoms with Crippen LogP contribution in [0.1, 0.15) is 5.56 Å². The Hall–Kier alpha value is -0.580. The number of fused-ring (bicyclic) bond motifs is 1. The Bertz CT molecular complexity index is 501. The minimum atomic E-state index is 1.14. The van der Waals surface area contributed by atoms with Gasteiger partial charge in [-0.05, 0) is 18.1 Å². The summed E-state index contributed by atoms with van der Waals surface area (Å²) in [6, 6.07) is 8.57. The first-order chi connectivity index (χ1) is 8.93. The molecule has 1 N–H and O–H groups in total. The third-order valence-corrected chi connectivity index (χ3v) is 5.63. The van der Waals surface area contributed by atoms with E-state index in [1.54, 1.807) is 0 Å². The molecule has 1 aromatic heterocycles. The highest BCUT2D eigenvalue weighted by Gasteiger charge is 2.10. The van der Waals surface area contributed by atoms with Crippen molar-refractivity contribution in [3.8, 4) is 0 Å². The number of rotatable bonds is 3. The Morgan fingerprint density at radius 2 is 1.89 bits per heavy atom. The van der Waals surface area contributed by atoms with Gasteiger partial charge < -0.3 is 4.98 Å². The van der Waals surface area contributed by atoms with Crippen molar-refractivity contribution in [3.63, 3.8) is 0 Å². The maximum atomic E-state index is 3.36. The monoisotopic (exact) mass is 278 g/mol. The molecular weight excluding hydrogens is 260 g/mol. The minimum absolute atomic E-state index is 1.14. The highest BCUT2D eigenvalue weighted by Crippen LogP contribution is 2.20. The molecule has 2 nitrogen and oxygen atoms in total. The number of hydrogen-bond acceptors (Lipinski definition) is 3. The van der Waals surface area contributed by atoms with Crippen molar-refractivity contribution in [2.45, 2.75) is 6.42 Å². The molecule has 0 amide bonds. The Labute approximate surface area is 117 Å². The Morgan fingerprint density at radius 3 is 2.72 bits per heavy atom. The van der Waals surface area contributed by atoms with Crippen LogP contribution in [0.15, 0.2) is 30.5 Å². The van der Waals surface area contributed by atoms with E-state index in [0.29, 0.717) is 0 Å². The molecule has 0 spiro atoms. The van der Waals surface area contributed by atoms with E-state index in [0.717, 1.165) is 6.42 Å². The fourth-order valence-electron chi connectivity index (χ4n) is 2.29. The van der Waals surface area contributed by atoms with Crippen LogP contribution in [0.4, 0.5) is 0 Å². The first kappa shape index (κ1) is 12.5. The molecule has 0 atom stereocenters. The second-order valence-electron chi connectivity index (χ2n) is 4.58. The van der Waals surface area contributed by atoms with Crippen molar-refractivity contribution in [2.75, 3.05) is 29.8 Å². The van der Waals surface area contributed by atoms with E-state index in [9.17, 15) is 0 Å². The SMILES string of the molecule is c1ccc2c(CCN3CSCCSC3)c[nH]c2c1. The van der Waals surface area contributed by atoms with E-state index >= 15 is 0 Å². The molecule has 2 heterocycles. The summed E-state index contributed by atoms with van der Waals surface area (Å²) in [6.45, 7) is 1.17.